The third kappa shape index (κ3) is 1.84. The quantitative estimate of drug-likeness (QED) is 0.615. The van der Waals surface area contributed by atoms with Crippen molar-refractivity contribution < 1.29 is 9.53 Å². The van der Waals surface area contributed by atoms with Crippen LogP contribution < -0.4 is 11.1 Å². The van der Waals surface area contributed by atoms with Gasteiger partial charge in [0.15, 0.2) is 0 Å². The number of ether oxygens (including phenoxy) is 1. The predicted octanol–water partition coefficient (Wildman–Crippen LogP) is -0.371. The summed E-state index contributed by atoms with van der Waals surface area (Å²) in [6.45, 7) is 3.05. The van der Waals surface area contributed by atoms with E-state index in [1.54, 1.807) is 0 Å². The molecule has 1 saturated heterocycles. The van der Waals surface area contributed by atoms with Gasteiger partial charge in [0.2, 0.25) is 5.91 Å². The molecule has 2 unspecified atom stereocenters. The van der Waals surface area contributed by atoms with E-state index in [4.69, 9.17) is 10.5 Å². The molecule has 0 aromatic carbocycles. The van der Waals surface area contributed by atoms with Gasteiger partial charge in [-0.2, -0.15) is 0 Å². The summed E-state index contributed by atoms with van der Waals surface area (Å²) in [4.78, 5) is 11.6. The first kappa shape index (κ1) is 8.97. The van der Waals surface area contributed by atoms with Crippen LogP contribution in [0.1, 0.15) is 19.8 Å². The summed E-state index contributed by atoms with van der Waals surface area (Å²) in [7, 11) is 0. The van der Waals surface area contributed by atoms with Gasteiger partial charge in [0, 0.05) is 11.6 Å². The zero-order valence-electron chi connectivity index (χ0n) is 7.88. The summed E-state index contributed by atoms with van der Waals surface area (Å²) in [5, 5.41) is 3.00. The van der Waals surface area contributed by atoms with Crippen LogP contribution in [0.4, 0.5) is 0 Å². The van der Waals surface area contributed by atoms with Crippen molar-refractivity contribution in [3.63, 3.8) is 0 Å². The molecule has 0 spiro atoms. The maximum absolute atomic E-state index is 11.6. The molecule has 3 N–H and O–H groups in total. The minimum absolute atomic E-state index is 0.0550. The van der Waals surface area contributed by atoms with Crippen LogP contribution in [0.3, 0.4) is 0 Å². The first-order valence-electron chi connectivity index (χ1n) is 4.76. The van der Waals surface area contributed by atoms with E-state index in [9.17, 15) is 4.79 Å². The highest BCUT2D eigenvalue weighted by Gasteiger charge is 2.42. The van der Waals surface area contributed by atoms with E-state index in [1.807, 2.05) is 0 Å². The van der Waals surface area contributed by atoms with Crippen LogP contribution in [0, 0.1) is 5.92 Å². The van der Waals surface area contributed by atoms with Crippen LogP contribution in [-0.4, -0.2) is 30.7 Å². The first-order valence-corrected chi connectivity index (χ1v) is 4.76. The van der Waals surface area contributed by atoms with Gasteiger partial charge in [-0.05, 0) is 19.8 Å². The van der Waals surface area contributed by atoms with Gasteiger partial charge < -0.3 is 15.8 Å². The molecule has 1 saturated carbocycles. The lowest BCUT2D eigenvalue weighted by atomic mass is 10.0. The molecule has 74 valence electrons. The highest BCUT2D eigenvalue weighted by molar-refractivity contribution is 5.81. The Hall–Kier alpha value is -0.610. The monoisotopic (exact) mass is 184 g/mol. The van der Waals surface area contributed by atoms with Gasteiger partial charge in [-0.3, -0.25) is 4.79 Å². The van der Waals surface area contributed by atoms with Crippen molar-refractivity contribution in [2.24, 2.45) is 11.7 Å². The molecule has 0 radical (unpaired) electrons. The Morgan fingerprint density at radius 3 is 2.69 bits per heavy atom. The lowest BCUT2D eigenvalue weighted by Crippen LogP contribution is -2.45. The summed E-state index contributed by atoms with van der Waals surface area (Å²) in [5.41, 5.74) is 5.79. The maximum Gasteiger partial charge on any atom is 0.227 e. The first-order chi connectivity index (χ1) is 6.11. The summed E-state index contributed by atoms with van der Waals surface area (Å²) in [5.74, 6) is -0.0811. The summed E-state index contributed by atoms with van der Waals surface area (Å²) in [6.07, 6.45) is 2.17. The molecule has 1 heterocycles. The zero-order valence-corrected chi connectivity index (χ0v) is 7.88. The van der Waals surface area contributed by atoms with E-state index in [2.05, 4.69) is 12.2 Å². The van der Waals surface area contributed by atoms with E-state index in [0.717, 1.165) is 12.8 Å². The molecule has 1 amide bonds. The Balaban J connectivity index is 1.89. The predicted molar refractivity (Wildman–Crippen MR) is 48.1 cm³/mol. The van der Waals surface area contributed by atoms with E-state index >= 15 is 0 Å². The van der Waals surface area contributed by atoms with Crippen molar-refractivity contribution in [2.45, 2.75) is 31.3 Å². The van der Waals surface area contributed by atoms with Gasteiger partial charge in [0.1, 0.15) is 0 Å². The fourth-order valence-electron chi connectivity index (χ4n) is 1.54. The second-order valence-corrected chi connectivity index (χ2v) is 4.36. The molecular weight excluding hydrogens is 168 g/mol. The third-order valence-electron chi connectivity index (χ3n) is 2.89. The molecule has 0 bridgehead atoms. The van der Waals surface area contributed by atoms with E-state index in [0.29, 0.717) is 13.2 Å². The van der Waals surface area contributed by atoms with Crippen molar-refractivity contribution in [3.8, 4) is 0 Å². The van der Waals surface area contributed by atoms with Gasteiger partial charge in [0.25, 0.3) is 0 Å². The second-order valence-electron chi connectivity index (χ2n) is 4.36. The summed E-state index contributed by atoms with van der Waals surface area (Å²) >= 11 is 0. The Morgan fingerprint density at radius 1 is 1.54 bits per heavy atom. The molecule has 2 fully saturated rings. The number of hydrogen-bond donors (Lipinski definition) is 2. The van der Waals surface area contributed by atoms with E-state index in [1.165, 1.54) is 0 Å². The molecule has 2 atom stereocenters. The number of hydrogen-bond acceptors (Lipinski definition) is 3. The van der Waals surface area contributed by atoms with Crippen LogP contribution in [0.2, 0.25) is 0 Å². The maximum atomic E-state index is 11.6. The summed E-state index contributed by atoms with van der Waals surface area (Å²) in [6, 6.07) is -0.123. The molecular formula is C9H16N2O2. The Bertz CT molecular complexity index is 226. The molecule has 0 aromatic rings. The van der Waals surface area contributed by atoms with Crippen LogP contribution >= 0.6 is 0 Å². The van der Waals surface area contributed by atoms with E-state index < -0.39 is 0 Å². The summed E-state index contributed by atoms with van der Waals surface area (Å²) < 4.78 is 5.14. The minimum atomic E-state index is -0.141. The largest absolute Gasteiger partial charge is 0.379 e. The molecule has 1 aliphatic carbocycles. The number of carbonyl (C=O) groups excluding carboxylic acids is 1. The topological polar surface area (TPSA) is 64.3 Å². The van der Waals surface area contributed by atoms with Crippen molar-refractivity contribution in [3.05, 3.63) is 0 Å². The van der Waals surface area contributed by atoms with Gasteiger partial charge >= 0.3 is 0 Å². The van der Waals surface area contributed by atoms with Gasteiger partial charge in [0.05, 0.1) is 19.1 Å². The highest BCUT2D eigenvalue weighted by Crippen LogP contribution is 2.34. The van der Waals surface area contributed by atoms with E-state index in [-0.39, 0.29) is 23.4 Å². The third-order valence-corrected chi connectivity index (χ3v) is 2.89. The standard InChI is InChI=1S/C9H16N2O2/c1-9(2-3-9)11-8(12)6-4-13-5-7(6)10/h6-7H,2-5,10H2,1H3,(H,11,12). The molecule has 13 heavy (non-hydrogen) atoms. The number of nitrogens with one attached hydrogen (secondary N) is 1. The highest BCUT2D eigenvalue weighted by atomic mass is 16.5. The smallest absolute Gasteiger partial charge is 0.227 e. The van der Waals surface area contributed by atoms with Gasteiger partial charge in [-0.15, -0.1) is 0 Å². The Morgan fingerprint density at radius 2 is 2.23 bits per heavy atom. The van der Waals surface area contributed by atoms with Crippen LogP contribution in [0.5, 0.6) is 0 Å². The number of nitrogens with two attached hydrogens (primary N) is 1. The molecule has 0 aromatic heterocycles. The molecule has 2 aliphatic rings. The van der Waals surface area contributed by atoms with Crippen molar-refractivity contribution in [2.75, 3.05) is 13.2 Å². The minimum Gasteiger partial charge on any atom is -0.379 e. The Labute approximate surface area is 77.8 Å². The SMILES string of the molecule is CC1(NC(=O)C2COCC2N)CC1. The zero-order chi connectivity index (χ0) is 9.47. The molecule has 2 rings (SSSR count). The molecule has 1 aliphatic heterocycles. The molecule has 4 heteroatoms. The van der Waals surface area contributed by atoms with Crippen LogP contribution in [-0.2, 0) is 9.53 Å². The van der Waals surface area contributed by atoms with Crippen LogP contribution in [0.25, 0.3) is 0 Å². The fourth-order valence-corrected chi connectivity index (χ4v) is 1.54. The number of amides is 1. The fraction of sp³-hybridized carbons (Fsp3) is 0.889. The van der Waals surface area contributed by atoms with Gasteiger partial charge in [-0.25, -0.2) is 0 Å². The second kappa shape index (κ2) is 2.96. The number of rotatable bonds is 2. The molecule has 4 nitrogen and oxygen atoms in total. The van der Waals surface area contributed by atoms with Crippen molar-refractivity contribution >= 4 is 5.91 Å². The van der Waals surface area contributed by atoms with Crippen LogP contribution in [0.15, 0.2) is 0 Å². The average molecular weight is 184 g/mol. The normalized spacial score (nSPS) is 35.8. The average Bonchev–Trinajstić information content (AvgIpc) is 2.63. The number of carbonyl (C=O) groups is 1. The van der Waals surface area contributed by atoms with Gasteiger partial charge in [-0.1, -0.05) is 0 Å². The van der Waals surface area contributed by atoms with Crippen molar-refractivity contribution in [1.29, 1.82) is 0 Å². The van der Waals surface area contributed by atoms with Crippen molar-refractivity contribution in [1.82, 2.24) is 5.32 Å². The Kier molecular flexibility index (Phi) is 2.04. The lowest BCUT2D eigenvalue weighted by Gasteiger charge is -2.17. The lowest BCUT2D eigenvalue weighted by molar-refractivity contribution is -0.126.